The summed E-state index contributed by atoms with van der Waals surface area (Å²) in [6.07, 6.45) is 7.89. The van der Waals surface area contributed by atoms with Crippen molar-refractivity contribution in [3.63, 3.8) is 0 Å². The van der Waals surface area contributed by atoms with Gasteiger partial charge in [0.05, 0.1) is 5.56 Å². The van der Waals surface area contributed by atoms with Crippen LogP contribution in [-0.2, 0) is 0 Å². The van der Waals surface area contributed by atoms with Crippen molar-refractivity contribution in [3.8, 4) is 0 Å². The van der Waals surface area contributed by atoms with Crippen molar-refractivity contribution in [2.75, 3.05) is 18.8 Å². The van der Waals surface area contributed by atoms with E-state index in [1.165, 1.54) is 44.4 Å². The maximum atomic E-state index is 12.5. The molecule has 1 aromatic rings. The van der Waals surface area contributed by atoms with Gasteiger partial charge in [0.15, 0.2) is 0 Å². The zero-order valence-electron chi connectivity index (χ0n) is 11.6. The maximum absolute atomic E-state index is 12.5. The van der Waals surface area contributed by atoms with Gasteiger partial charge in [0.2, 0.25) is 5.56 Å². The molecule has 1 aromatic heterocycles. The Morgan fingerprint density at radius 1 is 1.25 bits per heavy atom. The average Bonchev–Trinajstić information content (AvgIpc) is 2.48. The van der Waals surface area contributed by atoms with Crippen molar-refractivity contribution in [2.45, 2.75) is 36.9 Å². The summed E-state index contributed by atoms with van der Waals surface area (Å²) in [5.74, 6) is 1.07. The quantitative estimate of drug-likeness (QED) is 0.864. The molecular formula is C15H20N2O2S. The summed E-state index contributed by atoms with van der Waals surface area (Å²) in [5.41, 5.74) is 0.418. The second-order valence-corrected chi connectivity index (χ2v) is 7.32. The highest BCUT2D eigenvalue weighted by molar-refractivity contribution is 8.00. The molecule has 1 saturated heterocycles. The Kier molecular flexibility index (Phi) is 3.87. The third kappa shape index (κ3) is 2.77. The molecule has 3 rings (SSSR count). The first-order chi connectivity index (χ1) is 9.69. The third-order valence-electron chi connectivity index (χ3n) is 4.33. The van der Waals surface area contributed by atoms with E-state index in [0.29, 0.717) is 5.56 Å². The van der Waals surface area contributed by atoms with Crippen LogP contribution in [0.2, 0.25) is 0 Å². The number of aromatic amines is 1. The lowest BCUT2D eigenvalue weighted by Gasteiger charge is -2.44. The van der Waals surface area contributed by atoms with Gasteiger partial charge < -0.3 is 9.88 Å². The minimum Gasteiger partial charge on any atom is -0.336 e. The lowest BCUT2D eigenvalue weighted by Crippen LogP contribution is -2.49. The molecular weight excluding hydrogens is 272 g/mol. The van der Waals surface area contributed by atoms with E-state index < -0.39 is 0 Å². The van der Waals surface area contributed by atoms with Gasteiger partial charge in [-0.2, -0.15) is 11.8 Å². The van der Waals surface area contributed by atoms with E-state index in [9.17, 15) is 9.59 Å². The molecule has 20 heavy (non-hydrogen) atoms. The summed E-state index contributed by atoms with van der Waals surface area (Å²) in [5, 5.41) is 0. The summed E-state index contributed by atoms with van der Waals surface area (Å²) in [4.78, 5) is 28.2. The SMILES string of the molecule is O=C(c1ccc(=O)[nH]c1)N1CCSC2(CCCCC2)C1. The van der Waals surface area contributed by atoms with Gasteiger partial charge in [-0.25, -0.2) is 0 Å². The molecule has 1 amide bonds. The van der Waals surface area contributed by atoms with E-state index in [0.717, 1.165) is 18.8 Å². The number of aromatic nitrogens is 1. The van der Waals surface area contributed by atoms with Crippen LogP contribution >= 0.6 is 11.8 Å². The van der Waals surface area contributed by atoms with Gasteiger partial charge in [-0.05, 0) is 18.9 Å². The number of hydrogen-bond donors (Lipinski definition) is 1. The van der Waals surface area contributed by atoms with Crippen LogP contribution < -0.4 is 5.56 Å². The molecule has 1 saturated carbocycles. The van der Waals surface area contributed by atoms with E-state index in [1.54, 1.807) is 6.07 Å². The predicted molar refractivity (Wildman–Crippen MR) is 81.2 cm³/mol. The van der Waals surface area contributed by atoms with Gasteiger partial charge in [-0.3, -0.25) is 9.59 Å². The fourth-order valence-electron chi connectivity index (χ4n) is 3.24. The van der Waals surface area contributed by atoms with Crippen LogP contribution in [0.3, 0.4) is 0 Å². The van der Waals surface area contributed by atoms with Crippen LogP contribution in [0.25, 0.3) is 0 Å². The van der Waals surface area contributed by atoms with Gasteiger partial charge in [0, 0.05) is 35.9 Å². The Morgan fingerprint density at radius 3 is 2.75 bits per heavy atom. The van der Waals surface area contributed by atoms with Gasteiger partial charge in [-0.1, -0.05) is 19.3 Å². The Bertz CT molecular complexity index is 523. The van der Waals surface area contributed by atoms with E-state index in [-0.39, 0.29) is 16.2 Å². The summed E-state index contributed by atoms with van der Waals surface area (Å²) in [6, 6.07) is 3.04. The topological polar surface area (TPSA) is 53.2 Å². The van der Waals surface area contributed by atoms with Gasteiger partial charge in [0.1, 0.15) is 0 Å². The average molecular weight is 292 g/mol. The van der Waals surface area contributed by atoms with Gasteiger partial charge in [-0.15, -0.1) is 0 Å². The highest BCUT2D eigenvalue weighted by Crippen LogP contribution is 2.42. The molecule has 4 nitrogen and oxygen atoms in total. The Hall–Kier alpha value is -1.23. The van der Waals surface area contributed by atoms with Crippen LogP contribution in [0.5, 0.6) is 0 Å². The molecule has 0 atom stereocenters. The first-order valence-electron chi connectivity index (χ1n) is 7.31. The molecule has 2 fully saturated rings. The van der Waals surface area contributed by atoms with Gasteiger partial charge >= 0.3 is 0 Å². The van der Waals surface area contributed by atoms with Crippen LogP contribution in [0.1, 0.15) is 42.5 Å². The largest absolute Gasteiger partial charge is 0.336 e. The predicted octanol–water partition coefficient (Wildman–Crippen LogP) is 2.27. The zero-order chi connectivity index (χ0) is 14.0. The molecule has 0 unspecified atom stereocenters. The van der Waals surface area contributed by atoms with Crippen LogP contribution in [-0.4, -0.2) is 39.4 Å². The summed E-state index contributed by atoms with van der Waals surface area (Å²) >= 11 is 2.05. The number of pyridine rings is 1. The second kappa shape index (κ2) is 5.64. The first kappa shape index (κ1) is 13.7. The molecule has 0 bridgehead atoms. The highest BCUT2D eigenvalue weighted by atomic mass is 32.2. The monoisotopic (exact) mass is 292 g/mol. The van der Waals surface area contributed by atoms with E-state index in [4.69, 9.17) is 0 Å². The second-order valence-electron chi connectivity index (χ2n) is 5.76. The number of carbonyl (C=O) groups is 1. The molecule has 1 spiro atoms. The Balaban J connectivity index is 1.74. The van der Waals surface area contributed by atoms with Crippen molar-refractivity contribution in [1.82, 2.24) is 9.88 Å². The molecule has 2 heterocycles. The number of nitrogens with one attached hydrogen (secondary N) is 1. The molecule has 1 aliphatic heterocycles. The van der Waals surface area contributed by atoms with Crippen molar-refractivity contribution in [2.24, 2.45) is 0 Å². The Labute approximate surface area is 122 Å². The Morgan fingerprint density at radius 2 is 2.05 bits per heavy atom. The normalized spacial score (nSPS) is 21.9. The highest BCUT2D eigenvalue weighted by Gasteiger charge is 2.38. The molecule has 0 radical (unpaired) electrons. The van der Waals surface area contributed by atoms with Crippen molar-refractivity contribution in [3.05, 3.63) is 34.2 Å². The number of thioether (sulfide) groups is 1. The zero-order valence-corrected chi connectivity index (χ0v) is 12.4. The third-order valence-corrected chi connectivity index (χ3v) is 5.87. The first-order valence-corrected chi connectivity index (χ1v) is 8.29. The van der Waals surface area contributed by atoms with Gasteiger partial charge in [0.25, 0.3) is 5.91 Å². The summed E-state index contributed by atoms with van der Waals surface area (Å²) < 4.78 is 0.286. The van der Waals surface area contributed by atoms with E-state index in [1.807, 2.05) is 4.90 Å². The van der Waals surface area contributed by atoms with Crippen LogP contribution in [0, 0.1) is 0 Å². The number of amides is 1. The van der Waals surface area contributed by atoms with E-state index in [2.05, 4.69) is 16.7 Å². The van der Waals surface area contributed by atoms with E-state index >= 15 is 0 Å². The molecule has 2 aliphatic rings. The molecule has 1 aliphatic carbocycles. The molecule has 0 aromatic carbocycles. The number of hydrogen-bond acceptors (Lipinski definition) is 3. The smallest absolute Gasteiger partial charge is 0.255 e. The number of rotatable bonds is 1. The van der Waals surface area contributed by atoms with Crippen molar-refractivity contribution < 1.29 is 4.79 Å². The summed E-state index contributed by atoms with van der Waals surface area (Å²) in [6.45, 7) is 1.67. The fourth-order valence-corrected chi connectivity index (χ4v) is 4.81. The maximum Gasteiger partial charge on any atom is 0.255 e. The van der Waals surface area contributed by atoms with Crippen LogP contribution in [0.15, 0.2) is 23.1 Å². The van der Waals surface area contributed by atoms with Crippen molar-refractivity contribution >= 4 is 17.7 Å². The fraction of sp³-hybridized carbons (Fsp3) is 0.600. The molecule has 108 valence electrons. The number of carbonyl (C=O) groups excluding carboxylic acids is 1. The minimum absolute atomic E-state index is 0.0477. The molecule has 1 N–H and O–H groups in total. The molecule has 5 heteroatoms. The number of H-pyrrole nitrogens is 1. The lowest BCUT2D eigenvalue weighted by molar-refractivity contribution is 0.0729. The minimum atomic E-state index is -0.167. The number of nitrogens with zero attached hydrogens (tertiary/aromatic N) is 1. The lowest BCUT2D eigenvalue weighted by atomic mass is 9.87. The summed E-state index contributed by atoms with van der Waals surface area (Å²) in [7, 11) is 0. The standard InChI is InChI=1S/C15H20N2O2S/c18-13-5-4-12(10-16-13)14(19)17-8-9-20-15(11-17)6-2-1-3-7-15/h4-5,10H,1-3,6-9,11H2,(H,16,18). The van der Waals surface area contributed by atoms with Crippen molar-refractivity contribution in [1.29, 1.82) is 0 Å². The van der Waals surface area contributed by atoms with Crippen LogP contribution in [0.4, 0.5) is 0 Å².